The van der Waals surface area contributed by atoms with E-state index < -0.39 is 10.4 Å². The van der Waals surface area contributed by atoms with Crippen LogP contribution in [0.5, 0.6) is 0 Å². The van der Waals surface area contributed by atoms with E-state index in [1.807, 2.05) is 0 Å². The topological polar surface area (TPSA) is 63.6 Å². The summed E-state index contributed by atoms with van der Waals surface area (Å²) in [5.41, 5.74) is 0. The van der Waals surface area contributed by atoms with E-state index in [0.29, 0.717) is 6.42 Å². The molecule has 0 rings (SSSR count). The molecule has 0 aliphatic heterocycles. The molecule has 0 saturated heterocycles. The van der Waals surface area contributed by atoms with Crippen LogP contribution in [0, 0.1) is 0 Å². The molecule has 0 radical (unpaired) electrons. The molecule has 1 N–H and O–H groups in total. The summed E-state index contributed by atoms with van der Waals surface area (Å²) in [5, 5.41) is 0. The van der Waals surface area contributed by atoms with Gasteiger partial charge in [-0.1, -0.05) is 6.92 Å². The van der Waals surface area contributed by atoms with E-state index in [4.69, 9.17) is 4.55 Å². The minimum atomic E-state index is -4.19. The van der Waals surface area contributed by atoms with Crippen LogP contribution < -0.4 is 0 Å². The van der Waals surface area contributed by atoms with Crippen LogP contribution in [0.25, 0.3) is 0 Å². The molecular formula is C3H9LiO4S. The summed E-state index contributed by atoms with van der Waals surface area (Å²) in [4.78, 5) is 0. The van der Waals surface area contributed by atoms with E-state index in [1.54, 1.807) is 6.92 Å². The van der Waals surface area contributed by atoms with Crippen molar-refractivity contribution in [2.24, 2.45) is 0 Å². The molecule has 0 spiro atoms. The summed E-state index contributed by atoms with van der Waals surface area (Å²) in [5.74, 6) is 0. The normalized spacial score (nSPS) is 10.4. The van der Waals surface area contributed by atoms with Crippen LogP contribution in [0.2, 0.25) is 0 Å². The Morgan fingerprint density at radius 1 is 1.56 bits per heavy atom. The number of hydrogen-bond donors (Lipinski definition) is 1. The summed E-state index contributed by atoms with van der Waals surface area (Å²) >= 11 is 0. The van der Waals surface area contributed by atoms with Crippen LogP contribution in [0.1, 0.15) is 13.3 Å². The summed E-state index contributed by atoms with van der Waals surface area (Å²) in [7, 11) is -4.19. The second-order valence-corrected chi connectivity index (χ2v) is 2.34. The Morgan fingerprint density at radius 2 is 2.00 bits per heavy atom. The first kappa shape index (κ1) is 12.2. The van der Waals surface area contributed by atoms with Gasteiger partial charge in [0.2, 0.25) is 0 Å². The average molecular weight is 148 g/mol. The van der Waals surface area contributed by atoms with Gasteiger partial charge in [0.1, 0.15) is 0 Å². The maximum atomic E-state index is 9.72. The van der Waals surface area contributed by atoms with Gasteiger partial charge >= 0.3 is 29.3 Å². The quantitative estimate of drug-likeness (QED) is 0.435. The van der Waals surface area contributed by atoms with Crippen LogP contribution in [0.4, 0.5) is 0 Å². The molecular weight excluding hydrogens is 139 g/mol. The van der Waals surface area contributed by atoms with Gasteiger partial charge in [0.25, 0.3) is 0 Å². The van der Waals surface area contributed by atoms with E-state index in [2.05, 4.69) is 4.18 Å². The van der Waals surface area contributed by atoms with Crippen molar-refractivity contribution in [1.82, 2.24) is 0 Å². The van der Waals surface area contributed by atoms with Crippen LogP contribution in [-0.2, 0) is 14.6 Å². The molecule has 9 heavy (non-hydrogen) atoms. The number of rotatable bonds is 3. The molecule has 0 aromatic rings. The molecule has 4 nitrogen and oxygen atoms in total. The third-order valence-corrected chi connectivity index (χ3v) is 0.901. The Balaban J connectivity index is 0. The van der Waals surface area contributed by atoms with Crippen molar-refractivity contribution in [3.63, 3.8) is 0 Å². The summed E-state index contributed by atoms with van der Waals surface area (Å²) in [6.45, 7) is 1.78. The van der Waals surface area contributed by atoms with Crippen LogP contribution >= 0.6 is 0 Å². The van der Waals surface area contributed by atoms with Gasteiger partial charge in [-0.05, 0) is 6.42 Å². The molecule has 6 heteroatoms. The van der Waals surface area contributed by atoms with Gasteiger partial charge in [0, 0.05) is 0 Å². The van der Waals surface area contributed by atoms with Gasteiger partial charge in [-0.15, -0.1) is 0 Å². The molecule has 0 unspecified atom stereocenters. The molecule has 0 bridgehead atoms. The first-order chi connectivity index (χ1) is 3.56. The Labute approximate surface area is 66.7 Å². The number of hydrogen-bond acceptors (Lipinski definition) is 3. The van der Waals surface area contributed by atoms with Gasteiger partial charge in [-0.2, -0.15) is 8.42 Å². The van der Waals surface area contributed by atoms with E-state index >= 15 is 0 Å². The van der Waals surface area contributed by atoms with E-state index in [-0.39, 0.29) is 25.5 Å². The summed E-state index contributed by atoms with van der Waals surface area (Å²) in [6, 6.07) is 0. The third-order valence-electron chi connectivity index (χ3n) is 0.436. The average Bonchev–Trinajstić information content (AvgIpc) is 1.59. The standard InChI is InChI=1S/C3H8O4S.Li.H/c1-2-3-7-8(4,5)6;;/h2-3H2,1H3,(H,4,5,6);;. The zero-order chi connectivity index (χ0) is 6.62. The third kappa shape index (κ3) is 11.8. The van der Waals surface area contributed by atoms with Gasteiger partial charge in [-0.3, -0.25) is 4.55 Å². The Morgan fingerprint density at radius 3 is 2.11 bits per heavy atom. The second kappa shape index (κ2) is 5.27. The van der Waals surface area contributed by atoms with Crippen molar-refractivity contribution in [3.8, 4) is 0 Å². The Hall–Kier alpha value is 0.467. The maximum absolute atomic E-state index is 9.72. The van der Waals surface area contributed by atoms with E-state index in [1.165, 1.54) is 0 Å². The molecule has 0 aliphatic rings. The van der Waals surface area contributed by atoms with Gasteiger partial charge in [0.15, 0.2) is 0 Å². The zero-order valence-corrected chi connectivity index (χ0v) is 5.31. The first-order valence-corrected chi connectivity index (χ1v) is 3.54. The monoisotopic (exact) mass is 148 g/mol. The van der Waals surface area contributed by atoms with Gasteiger partial charge < -0.3 is 0 Å². The molecule has 0 atom stereocenters. The van der Waals surface area contributed by atoms with Crippen molar-refractivity contribution in [2.75, 3.05) is 6.61 Å². The van der Waals surface area contributed by atoms with Crippen molar-refractivity contribution in [3.05, 3.63) is 0 Å². The first-order valence-electron chi connectivity index (χ1n) is 2.18. The summed E-state index contributed by atoms with van der Waals surface area (Å²) in [6.07, 6.45) is 0.569. The fraction of sp³-hybridized carbons (Fsp3) is 1.00. The molecule has 0 saturated carbocycles. The SMILES string of the molecule is CCCOS(=O)(=O)O.[LiH]. The zero-order valence-electron chi connectivity index (χ0n) is 4.49. The van der Waals surface area contributed by atoms with Crippen LogP contribution in [0.15, 0.2) is 0 Å². The van der Waals surface area contributed by atoms with Crippen LogP contribution in [-0.4, -0.2) is 38.4 Å². The predicted molar refractivity (Wildman–Crippen MR) is 34.9 cm³/mol. The second-order valence-electron chi connectivity index (χ2n) is 1.25. The van der Waals surface area contributed by atoms with Crippen molar-refractivity contribution >= 4 is 29.3 Å². The van der Waals surface area contributed by atoms with Gasteiger partial charge in [-0.25, -0.2) is 4.18 Å². The molecule has 0 aromatic heterocycles. The van der Waals surface area contributed by atoms with Crippen molar-refractivity contribution in [1.29, 1.82) is 0 Å². The fourth-order valence-corrected chi connectivity index (χ4v) is 0.566. The predicted octanol–water partition coefficient (Wildman–Crippen LogP) is -0.433. The van der Waals surface area contributed by atoms with E-state index in [0.717, 1.165) is 0 Å². The molecule has 0 aliphatic carbocycles. The van der Waals surface area contributed by atoms with Gasteiger partial charge in [0.05, 0.1) is 6.61 Å². The minimum absolute atomic E-state index is 0. The van der Waals surface area contributed by atoms with E-state index in [9.17, 15) is 8.42 Å². The fourth-order valence-electron chi connectivity index (χ4n) is 0.189. The molecule has 0 amide bonds. The van der Waals surface area contributed by atoms with Crippen molar-refractivity contribution < 1.29 is 17.2 Å². The molecule has 0 fully saturated rings. The van der Waals surface area contributed by atoms with Crippen molar-refractivity contribution in [2.45, 2.75) is 13.3 Å². The molecule has 0 aromatic carbocycles. The Kier molecular flexibility index (Phi) is 7.12. The van der Waals surface area contributed by atoms with Crippen LogP contribution in [0.3, 0.4) is 0 Å². The summed E-state index contributed by atoms with van der Waals surface area (Å²) < 4.78 is 31.3. The molecule has 0 heterocycles. The Bertz CT molecular complexity index is 140. The molecule has 52 valence electrons.